The van der Waals surface area contributed by atoms with Gasteiger partial charge >= 0.3 is 5.69 Å². The number of aryl methyl sites for hydroxylation is 1. The Morgan fingerprint density at radius 1 is 1.03 bits per heavy atom. The highest BCUT2D eigenvalue weighted by atomic mass is 35.5. The lowest BCUT2D eigenvalue weighted by atomic mass is 10.2. The van der Waals surface area contributed by atoms with Crippen molar-refractivity contribution in [1.29, 1.82) is 0 Å². The number of pyridine rings is 1. The predicted molar refractivity (Wildman–Crippen MR) is 110 cm³/mol. The molecule has 2 aromatic heterocycles. The summed E-state index contributed by atoms with van der Waals surface area (Å²) < 4.78 is 0. The zero-order valence-corrected chi connectivity index (χ0v) is 16.5. The van der Waals surface area contributed by atoms with E-state index in [-0.39, 0.29) is 22.2 Å². The molecular weight excluding hydrogens is 432 g/mol. The van der Waals surface area contributed by atoms with Crippen molar-refractivity contribution in [3.63, 3.8) is 0 Å². The zero-order chi connectivity index (χ0) is 22.5. The van der Waals surface area contributed by atoms with Crippen molar-refractivity contribution in [2.75, 3.05) is 10.7 Å². The number of aromatic nitrogens is 3. The van der Waals surface area contributed by atoms with E-state index < -0.39 is 27.1 Å². The second kappa shape index (κ2) is 8.96. The minimum absolute atomic E-state index is 0.0947. The second-order valence-corrected chi connectivity index (χ2v) is 6.38. The number of amides is 1. The number of nitro benzene ring substituents is 1. The van der Waals surface area contributed by atoms with Crippen LogP contribution in [0.2, 0.25) is 5.02 Å². The molecule has 158 valence electrons. The second-order valence-electron chi connectivity index (χ2n) is 5.97. The Morgan fingerprint density at radius 3 is 2.45 bits per heavy atom. The molecule has 0 saturated heterocycles. The van der Waals surface area contributed by atoms with Crippen molar-refractivity contribution in [3.05, 3.63) is 79.2 Å². The van der Waals surface area contributed by atoms with E-state index in [2.05, 4.69) is 31.1 Å². The summed E-state index contributed by atoms with van der Waals surface area (Å²) in [7, 11) is 0. The highest BCUT2D eigenvalue weighted by Crippen LogP contribution is 2.31. The zero-order valence-electron chi connectivity index (χ0n) is 15.7. The van der Waals surface area contributed by atoms with Crippen LogP contribution >= 0.6 is 11.6 Å². The normalized spacial score (nSPS) is 10.3. The van der Waals surface area contributed by atoms with Gasteiger partial charge in [-0.2, -0.15) is 0 Å². The molecule has 13 nitrogen and oxygen atoms in total. The highest BCUT2D eigenvalue weighted by Gasteiger charge is 2.24. The van der Waals surface area contributed by atoms with Gasteiger partial charge in [0.05, 0.1) is 9.85 Å². The number of carbonyl (C=O) groups is 1. The highest BCUT2D eigenvalue weighted by molar-refractivity contribution is 6.32. The van der Waals surface area contributed by atoms with E-state index in [0.29, 0.717) is 5.82 Å². The summed E-state index contributed by atoms with van der Waals surface area (Å²) in [6, 6.07) is 6.90. The van der Waals surface area contributed by atoms with Gasteiger partial charge in [0.2, 0.25) is 11.6 Å². The third-order valence-corrected chi connectivity index (χ3v) is 4.27. The van der Waals surface area contributed by atoms with E-state index in [4.69, 9.17) is 11.6 Å². The van der Waals surface area contributed by atoms with Gasteiger partial charge in [-0.25, -0.2) is 15.0 Å². The number of hydrogen-bond acceptors (Lipinski definition) is 10. The number of halogens is 1. The topological polar surface area (TPSA) is 178 Å². The molecular formula is C17H13ClN8O5. The van der Waals surface area contributed by atoms with Gasteiger partial charge in [-0.15, -0.1) is 0 Å². The van der Waals surface area contributed by atoms with Crippen LogP contribution in [-0.2, 0) is 0 Å². The molecule has 0 fully saturated rings. The minimum atomic E-state index is -0.803. The molecule has 0 saturated carbocycles. The first-order chi connectivity index (χ1) is 14.8. The Hall–Kier alpha value is -4.39. The lowest BCUT2D eigenvalue weighted by molar-refractivity contribution is -0.384. The lowest BCUT2D eigenvalue weighted by Crippen LogP contribution is -2.30. The first-order valence-electron chi connectivity index (χ1n) is 8.46. The predicted octanol–water partition coefficient (Wildman–Crippen LogP) is 3.15. The van der Waals surface area contributed by atoms with Crippen LogP contribution in [0.25, 0.3) is 0 Å². The number of benzene rings is 1. The maximum absolute atomic E-state index is 12.3. The lowest BCUT2D eigenvalue weighted by Gasteiger charge is -2.11. The molecule has 3 rings (SSSR count). The fourth-order valence-corrected chi connectivity index (χ4v) is 2.63. The summed E-state index contributed by atoms with van der Waals surface area (Å²) in [5.41, 5.74) is 4.17. The molecule has 0 aliphatic heterocycles. The number of carbonyl (C=O) groups excluding carboxylic acids is 1. The maximum atomic E-state index is 12.3. The average molecular weight is 445 g/mol. The van der Waals surface area contributed by atoms with Crippen molar-refractivity contribution in [1.82, 2.24) is 20.4 Å². The largest absolute Gasteiger partial charge is 0.355 e. The van der Waals surface area contributed by atoms with Crippen LogP contribution < -0.4 is 16.2 Å². The summed E-state index contributed by atoms with van der Waals surface area (Å²) in [5, 5.41) is 25.2. The van der Waals surface area contributed by atoms with Crippen LogP contribution in [0, 0.1) is 27.2 Å². The third kappa shape index (κ3) is 4.79. The average Bonchev–Trinajstić information content (AvgIpc) is 2.73. The molecule has 1 aromatic carbocycles. The molecule has 3 N–H and O–H groups in total. The van der Waals surface area contributed by atoms with Crippen LogP contribution in [0.4, 0.5) is 28.8 Å². The molecule has 3 aromatic rings. The van der Waals surface area contributed by atoms with Crippen LogP contribution in [0.1, 0.15) is 15.9 Å². The first-order valence-corrected chi connectivity index (χ1v) is 8.84. The Bertz CT molecular complexity index is 1190. The van der Waals surface area contributed by atoms with Gasteiger partial charge in [0.15, 0.2) is 0 Å². The number of nitro groups is 2. The molecule has 0 aliphatic rings. The Labute approximate surface area is 178 Å². The number of nitrogens with zero attached hydrogens (tertiary/aromatic N) is 5. The summed E-state index contributed by atoms with van der Waals surface area (Å²) in [5.74, 6) is -0.913. The van der Waals surface area contributed by atoms with E-state index in [1.807, 2.05) is 0 Å². The summed E-state index contributed by atoms with van der Waals surface area (Å²) in [6.45, 7) is 1.76. The van der Waals surface area contributed by atoms with Gasteiger partial charge in [0, 0.05) is 17.8 Å². The first kappa shape index (κ1) is 21.3. The number of hydrazine groups is 1. The van der Waals surface area contributed by atoms with Gasteiger partial charge in [-0.1, -0.05) is 17.7 Å². The van der Waals surface area contributed by atoms with E-state index in [0.717, 1.165) is 18.0 Å². The number of anilines is 3. The van der Waals surface area contributed by atoms with Crippen molar-refractivity contribution >= 4 is 46.3 Å². The van der Waals surface area contributed by atoms with E-state index in [9.17, 15) is 25.0 Å². The van der Waals surface area contributed by atoms with Crippen molar-refractivity contribution in [2.45, 2.75) is 6.92 Å². The molecule has 0 atom stereocenters. The molecule has 14 heteroatoms. The monoisotopic (exact) mass is 444 g/mol. The van der Waals surface area contributed by atoms with Crippen molar-refractivity contribution in [3.8, 4) is 0 Å². The number of rotatable bonds is 7. The number of hydrogen-bond donors (Lipinski definition) is 3. The van der Waals surface area contributed by atoms with Gasteiger partial charge in [-0.05, 0) is 30.7 Å². The molecule has 0 radical (unpaired) electrons. The van der Waals surface area contributed by atoms with E-state index in [1.54, 1.807) is 19.1 Å². The molecule has 31 heavy (non-hydrogen) atoms. The maximum Gasteiger partial charge on any atom is 0.355 e. The Kier molecular flexibility index (Phi) is 6.16. The van der Waals surface area contributed by atoms with Crippen LogP contribution in [0.5, 0.6) is 0 Å². The smallest absolute Gasteiger partial charge is 0.319 e. The summed E-state index contributed by atoms with van der Waals surface area (Å²) in [4.78, 5) is 45.2. The van der Waals surface area contributed by atoms with Gasteiger partial charge in [0.1, 0.15) is 17.2 Å². The number of nitrogens with one attached hydrogen (secondary N) is 3. The molecule has 0 unspecified atom stereocenters. The molecule has 0 bridgehead atoms. The van der Waals surface area contributed by atoms with Gasteiger partial charge in [0.25, 0.3) is 11.6 Å². The SMILES string of the molecule is Cc1cccnc1Nc1ncnc(NNC(=O)c2ccc(Cl)c([N+](=O)[O-])c2)c1[N+](=O)[O-]. The molecule has 1 amide bonds. The third-order valence-electron chi connectivity index (χ3n) is 3.95. The Morgan fingerprint density at radius 2 is 1.77 bits per heavy atom. The minimum Gasteiger partial charge on any atom is -0.319 e. The fraction of sp³-hybridized carbons (Fsp3) is 0.0588. The quantitative estimate of drug-likeness (QED) is 0.362. The fourth-order valence-electron chi connectivity index (χ4n) is 2.45. The van der Waals surface area contributed by atoms with Crippen molar-refractivity contribution < 1.29 is 14.6 Å². The van der Waals surface area contributed by atoms with Crippen LogP contribution in [0.15, 0.2) is 42.9 Å². The van der Waals surface area contributed by atoms with Gasteiger partial charge in [-0.3, -0.25) is 35.9 Å². The molecule has 0 spiro atoms. The van der Waals surface area contributed by atoms with E-state index >= 15 is 0 Å². The van der Waals surface area contributed by atoms with Crippen molar-refractivity contribution in [2.24, 2.45) is 0 Å². The summed E-state index contributed by atoms with van der Waals surface area (Å²) >= 11 is 5.73. The standard InChI is InChI=1S/C17H13ClN8O5/c1-9-3-2-6-19-14(9)22-15-13(26(30)31)16(21-8-20-15)23-24-17(27)10-4-5-11(18)12(7-10)25(28)29/h2-8H,1H3,(H,24,27)(H2,19,20,21,22,23). The molecule has 0 aliphatic carbocycles. The Balaban J connectivity index is 1.84. The van der Waals surface area contributed by atoms with E-state index in [1.165, 1.54) is 18.3 Å². The van der Waals surface area contributed by atoms with Crippen LogP contribution in [0.3, 0.4) is 0 Å². The molecule has 2 heterocycles. The summed E-state index contributed by atoms with van der Waals surface area (Å²) in [6.07, 6.45) is 2.56. The van der Waals surface area contributed by atoms with Gasteiger partial charge < -0.3 is 5.32 Å². The van der Waals surface area contributed by atoms with Crippen LogP contribution in [-0.4, -0.2) is 30.7 Å².